The molecule has 2 atom stereocenters. The molecule has 1 heterocycles. The molecule has 5 heteroatoms. The fourth-order valence-corrected chi connectivity index (χ4v) is 5.00. The Morgan fingerprint density at radius 1 is 0.963 bits per heavy atom. The summed E-state index contributed by atoms with van der Waals surface area (Å²) in [6.07, 6.45) is 6.53. The van der Waals surface area contributed by atoms with Crippen molar-refractivity contribution in [3.8, 4) is 5.75 Å². The Balaban J connectivity index is 1.35. The number of benzene rings is 1. The largest absolute Gasteiger partial charge is 0.426 e. The number of hydrogen-bond donors (Lipinski definition) is 0. The molecule has 2 amide bonds. The van der Waals surface area contributed by atoms with Crippen LogP contribution >= 0.6 is 0 Å². The van der Waals surface area contributed by atoms with Crippen LogP contribution in [0.3, 0.4) is 0 Å². The minimum atomic E-state index is -0.202. The van der Waals surface area contributed by atoms with Crippen LogP contribution in [0.2, 0.25) is 0 Å². The molecule has 0 aromatic heterocycles. The van der Waals surface area contributed by atoms with Crippen molar-refractivity contribution < 1.29 is 19.1 Å². The average molecular weight is 369 g/mol. The van der Waals surface area contributed by atoms with Crippen LogP contribution in [0.15, 0.2) is 24.3 Å². The van der Waals surface area contributed by atoms with Gasteiger partial charge in [0.05, 0.1) is 17.8 Å². The zero-order valence-corrected chi connectivity index (χ0v) is 15.9. The maximum Gasteiger partial charge on any atom is 0.314 e. The number of aryl methyl sites for hydroxylation is 1. The predicted octanol–water partition coefficient (Wildman–Crippen LogP) is 3.63. The maximum absolute atomic E-state index is 12.8. The normalized spacial score (nSPS) is 30.9. The van der Waals surface area contributed by atoms with E-state index in [9.17, 15) is 14.4 Å². The highest BCUT2D eigenvalue weighted by atomic mass is 16.5. The fourth-order valence-electron chi connectivity index (χ4n) is 5.00. The van der Waals surface area contributed by atoms with Gasteiger partial charge in [-0.3, -0.25) is 19.3 Å². The first-order valence-electron chi connectivity index (χ1n) is 10.2. The van der Waals surface area contributed by atoms with E-state index in [4.69, 9.17) is 4.74 Å². The summed E-state index contributed by atoms with van der Waals surface area (Å²) >= 11 is 0. The number of esters is 1. The van der Waals surface area contributed by atoms with Crippen LogP contribution in [0.25, 0.3) is 0 Å². The molecule has 2 unspecified atom stereocenters. The van der Waals surface area contributed by atoms with Crippen LogP contribution in [-0.2, 0) is 14.4 Å². The fraction of sp³-hybridized carbons (Fsp3) is 0.591. The van der Waals surface area contributed by atoms with E-state index in [0.717, 1.165) is 31.2 Å². The van der Waals surface area contributed by atoms with Crippen LogP contribution in [0.1, 0.15) is 56.9 Å². The van der Waals surface area contributed by atoms with Gasteiger partial charge in [0.1, 0.15) is 5.75 Å². The third-order valence-electron chi connectivity index (χ3n) is 6.48. The zero-order chi connectivity index (χ0) is 19.0. The van der Waals surface area contributed by atoms with Crippen LogP contribution < -0.4 is 4.74 Å². The standard InChI is InChI=1S/C22H27NO4/c1-14-5-4-6-17(13-14)27-22(26)15-9-11-16(12-10-15)23-20(24)18-7-2-3-8-19(18)21(23)25/h4-6,13,15-16,18-19H,2-3,7-12H2,1H3. The minimum absolute atomic E-state index is 0.0375. The van der Waals surface area contributed by atoms with Gasteiger partial charge < -0.3 is 4.74 Å². The molecule has 3 fully saturated rings. The molecule has 1 aromatic rings. The van der Waals surface area contributed by atoms with E-state index in [0.29, 0.717) is 31.4 Å². The first-order chi connectivity index (χ1) is 13.0. The summed E-state index contributed by atoms with van der Waals surface area (Å²) in [5, 5.41) is 0. The molecular weight excluding hydrogens is 342 g/mol. The van der Waals surface area contributed by atoms with E-state index < -0.39 is 0 Å². The first kappa shape index (κ1) is 18.2. The number of nitrogens with zero attached hydrogens (tertiary/aromatic N) is 1. The average Bonchev–Trinajstić information content (AvgIpc) is 2.93. The lowest BCUT2D eigenvalue weighted by molar-refractivity contribution is -0.144. The number of imide groups is 1. The minimum Gasteiger partial charge on any atom is -0.426 e. The molecule has 0 spiro atoms. The molecule has 0 radical (unpaired) electrons. The van der Waals surface area contributed by atoms with Crippen molar-refractivity contribution in [1.29, 1.82) is 0 Å². The smallest absolute Gasteiger partial charge is 0.314 e. The Morgan fingerprint density at radius 3 is 2.19 bits per heavy atom. The summed E-state index contributed by atoms with van der Waals surface area (Å²) in [5.74, 6) is 0.122. The lowest BCUT2D eigenvalue weighted by Gasteiger charge is -2.32. The van der Waals surface area contributed by atoms with E-state index in [1.54, 1.807) is 11.0 Å². The highest BCUT2D eigenvalue weighted by Crippen LogP contribution is 2.41. The van der Waals surface area contributed by atoms with Crippen molar-refractivity contribution in [1.82, 2.24) is 4.90 Å². The topological polar surface area (TPSA) is 63.7 Å². The molecule has 2 saturated carbocycles. The van der Waals surface area contributed by atoms with Gasteiger partial charge in [-0.1, -0.05) is 25.0 Å². The van der Waals surface area contributed by atoms with Gasteiger partial charge in [-0.15, -0.1) is 0 Å². The summed E-state index contributed by atoms with van der Waals surface area (Å²) in [6.45, 7) is 1.96. The molecular formula is C22H27NO4. The van der Waals surface area contributed by atoms with E-state index in [2.05, 4.69) is 0 Å². The Bertz CT molecular complexity index is 726. The predicted molar refractivity (Wildman–Crippen MR) is 99.9 cm³/mol. The molecule has 4 rings (SSSR count). The number of carbonyl (C=O) groups is 3. The van der Waals surface area contributed by atoms with Crippen molar-refractivity contribution in [2.24, 2.45) is 17.8 Å². The van der Waals surface area contributed by atoms with Gasteiger partial charge in [0.2, 0.25) is 11.8 Å². The SMILES string of the molecule is Cc1cccc(OC(=O)C2CCC(N3C(=O)C4CCCCC4C3=O)CC2)c1. The van der Waals surface area contributed by atoms with Gasteiger partial charge in [0.15, 0.2) is 0 Å². The molecule has 1 aliphatic heterocycles. The molecule has 0 N–H and O–H groups in total. The van der Waals surface area contributed by atoms with Crippen molar-refractivity contribution in [3.05, 3.63) is 29.8 Å². The summed E-state index contributed by atoms with van der Waals surface area (Å²) in [7, 11) is 0. The van der Waals surface area contributed by atoms with Crippen LogP contribution in [0.4, 0.5) is 0 Å². The van der Waals surface area contributed by atoms with Crippen LogP contribution in [0.5, 0.6) is 5.75 Å². The van der Waals surface area contributed by atoms with Gasteiger partial charge in [0.25, 0.3) is 0 Å². The van der Waals surface area contributed by atoms with E-state index >= 15 is 0 Å². The molecule has 3 aliphatic rings. The summed E-state index contributed by atoms with van der Waals surface area (Å²) < 4.78 is 5.53. The number of hydrogen-bond acceptors (Lipinski definition) is 4. The Labute approximate surface area is 160 Å². The number of amides is 2. The number of fused-ring (bicyclic) bond motifs is 1. The maximum atomic E-state index is 12.8. The Kier molecular flexibility index (Phi) is 5.02. The molecule has 1 aromatic carbocycles. The van der Waals surface area contributed by atoms with Gasteiger partial charge in [-0.25, -0.2) is 0 Å². The first-order valence-corrected chi connectivity index (χ1v) is 10.2. The van der Waals surface area contributed by atoms with E-state index in [-0.39, 0.29) is 41.6 Å². The second-order valence-corrected chi connectivity index (χ2v) is 8.29. The van der Waals surface area contributed by atoms with E-state index in [1.807, 2.05) is 25.1 Å². The number of likely N-dealkylation sites (tertiary alicyclic amines) is 1. The zero-order valence-electron chi connectivity index (χ0n) is 15.9. The third-order valence-corrected chi connectivity index (χ3v) is 6.48. The summed E-state index contributed by atoms with van der Waals surface area (Å²) in [5.41, 5.74) is 1.05. The van der Waals surface area contributed by atoms with Gasteiger partial charge in [-0.2, -0.15) is 0 Å². The molecule has 144 valence electrons. The highest BCUT2D eigenvalue weighted by Gasteiger charge is 2.50. The highest BCUT2D eigenvalue weighted by molar-refractivity contribution is 6.05. The molecule has 0 bridgehead atoms. The lowest BCUT2D eigenvalue weighted by Crippen LogP contribution is -2.43. The van der Waals surface area contributed by atoms with Crippen molar-refractivity contribution in [2.75, 3.05) is 0 Å². The second-order valence-electron chi connectivity index (χ2n) is 8.29. The molecule has 27 heavy (non-hydrogen) atoms. The van der Waals surface area contributed by atoms with Crippen molar-refractivity contribution in [3.63, 3.8) is 0 Å². The van der Waals surface area contributed by atoms with Gasteiger partial charge in [-0.05, 0) is 63.1 Å². The van der Waals surface area contributed by atoms with Crippen LogP contribution in [-0.4, -0.2) is 28.7 Å². The molecule has 2 aliphatic carbocycles. The molecule has 1 saturated heterocycles. The molecule has 5 nitrogen and oxygen atoms in total. The lowest BCUT2D eigenvalue weighted by atomic mass is 9.81. The summed E-state index contributed by atoms with van der Waals surface area (Å²) in [4.78, 5) is 39.5. The second kappa shape index (κ2) is 7.45. The van der Waals surface area contributed by atoms with Crippen LogP contribution in [0, 0.1) is 24.7 Å². The van der Waals surface area contributed by atoms with Crippen molar-refractivity contribution >= 4 is 17.8 Å². The Morgan fingerprint density at radius 2 is 1.59 bits per heavy atom. The van der Waals surface area contributed by atoms with E-state index in [1.165, 1.54) is 0 Å². The van der Waals surface area contributed by atoms with Crippen molar-refractivity contribution in [2.45, 2.75) is 64.3 Å². The summed E-state index contributed by atoms with van der Waals surface area (Å²) in [6, 6.07) is 7.44. The number of ether oxygens (including phenoxy) is 1. The van der Waals surface area contributed by atoms with Gasteiger partial charge in [0, 0.05) is 6.04 Å². The third kappa shape index (κ3) is 3.52. The Hall–Kier alpha value is -2.17. The number of rotatable bonds is 3. The quantitative estimate of drug-likeness (QED) is 0.464. The number of carbonyl (C=O) groups excluding carboxylic acids is 3. The van der Waals surface area contributed by atoms with Gasteiger partial charge >= 0.3 is 5.97 Å². The monoisotopic (exact) mass is 369 g/mol.